The van der Waals surface area contributed by atoms with E-state index >= 15 is 0 Å². The van der Waals surface area contributed by atoms with Gasteiger partial charge in [-0.2, -0.15) is 0 Å². The summed E-state index contributed by atoms with van der Waals surface area (Å²) in [6.45, 7) is 4.18. The van der Waals surface area contributed by atoms with Crippen molar-refractivity contribution in [2.45, 2.75) is 26.4 Å². The predicted octanol–water partition coefficient (Wildman–Crippen LogP) is 4.13. The van der Waals surface area contributed by atoms with Gasteiger partial charge in [0.25, 0.3) is 0 Å². The first-order valence-electron chi connectivity index (χ1n) is 7.21. The lowest BCUT2D eigenvalue weighted by atomic mass is 9.95. The summed E-state index contributed by atoms with van der Waals surface area (Å²) in [5.41, 5.74) is 4.61. The van der Waals surface area contributed by atoms with Crippen LogP contribution in [-0.2, 0) is 6.42 Å². The van der Waals surface area contributed by atoms with Crippen LogP contribution in [-0.4, -0.2) is 10.1 Å². The van der Waals surface area contributed by atoms with Crippen molar-refractivity contribution in [3.8, 4) is 0 Å². The standard InChI is InChI=1S/C19H19NO/c1-13-8-14(2)10-15(9-13)11-19(21)18-5-3-4-16-12-20-7-6-17(16)18/h3-10,12,19,21H,11H2,1-2H3. The summed E-state index contributed by atoms with van der Waals surface area (Å²) >= 11 is 0. The largest absolute Gasteiger partial charge is 0.388 e. The molecule has 0 amide bonds. The Bertz CT molecular complexity index is 754. The summed E-state index contributed by atoms with van der Waals surface area (Å²) in [6.07, 6.45) is 3.74. The van der Waals surface area contributed by atoms with Gasteiger partial charge in [-0.3, -0.25) is 4.98 Å². The molecule has 0 saturated heterocycles. The lowest BCUT2D eigenvalue weighted by Crippen LogP contribution is -2.03. The zero-order chi connectivity index (χ0) is 14.8. The Kier molecular flexibility index (Phi) is 3.72. The SMILES string of the molecule is Cc1cc(C)cc(CC(O)c2cccc3cnccc23)c1. The van der Waals surface area contributed by atoms with Crippen LogP contribution in [0.1, 0.15) is 28.4 Å². The Balaban J connectivity index is 1.95. The maximum Gasteiger partial charge on any atom is 0.0836 e. The molecule has 1 aromatic heterocycles. The van der Waals surface area contributed by atoms with E-state index in [1.54, 1.807) is 6.20 Å². The average Bonchev–Trinajstić information content (AvgIpc) is 2.45. The molecule has 2 nitrogen and oxygen atoms in total. The van der Waals surface area contributed by atoms with E-state index in [-0.39, 0.29) is 0 Å². The lowest BCUT2D eigenvalue weighted by Gasteiger charge is -2.14. The zero-order valence-corrected chi connectivity index (χ0v) is 12.4. The van der Waals surface area contributed by atoms with Gasteiger partial charge in [-0.15, -0.1) is 0 Å². The highest BCUT2D eigenvalue weighted by Crippen LogP contribution is 2.26. The van der Waals surface area contributed by atoms with Gasteiger partial charge in [-0.25, -0.2) is 0 Å². The normalized spacial score (nSPS) is 12.5. The van der Waals surface area contributed by atoms with Crippen molar-refractivity contribution >= 4 is 10.8 Å². The third-order valence-electron chi connectivity index (χ3n) is 3.78. The lowest BCUT2D eigenvalue weighted by molar-refractivity contribution is 0.180. The highest BCUT2D eigenvalue weighted by atomic mass is 16.3. The summed E-state index contributed by atoms with van der Waals surface area (Å²) in [5.74, 6) is 0. The van der Waals surface area contributed by atoms with Crippen molar-refractivity contribution < 1.29 is 5.11 Å². The maximum atomic E-state index is 10.6. The molecular formula is C19H19NO. The zero-order valence-electron chi connectivity index (χ0n) is 12.4. The number of hydrogen-bond acceptors (Lipinski definition) is 2. The summed E-state index contributed by atoms with van der Waals surface area (Å²) in [6, 6.07) is 14.4. The molecule has 3 rings (SSSR count). The Hall–Kier alpha value is -2.19. The number of aromatic nitrogens is 1. The molecule has 2 heteroatoms. The molecule has 0 aliphatic rings. The van der Waals surface area contributed by atoms with Crippen LogP contribution in [0.15, 0.2) is 54.9 Å². The molecule has 1 unspecified atom stereocenters. The van der Waals surface area contributed by atoms with Gasteiger partial charge >= 0.3 is 0 Å². The fourth-order valence-electron chi connectivity index (χ4n) is 2.96. The Labute approximate surface area is 125 Å². The minimum atomic E-state index is -0.503. The van der Waals surface area contributed by atoms with Gasteiger partial charge in [0.05, 0.1) is 6.10 Å². The van der Waals surface area contributed by atoms with Gasteiger partial charge in [-0.1, -0.05) is 47.5 Å². The van der Waals surface area contributed by atoms with E-state index in [4.69, 9.17) is 0 Å². The molecule has 106 valence electrons. The van der Waals surface area contributed by atoms with Crippen molar-refractivity contribution in [1.82, 2.24) is 4.98 Å². The predicted molar refractivity (Wildman–Crippen MR) is 86.3 cm³/mol. The third kappa shape index (κ3) is 2.96. The molecule has 0 spiro atoms. The number of hydrogen-bond donors (Lipinski definition) is 1. The van der Waals surface area contributed by atoms with E-state index in [1.807, 2.05) is 30.5 Å². The summed E-state index contributed by atoms with van der Waals surface area (Å²) in [5, 5.41) is 12.8. The van der Waals surface area contributed by atoms with E-state index in [1.165, 1.54) is 16.7 Å². The average molecular weight is 277 g/mol. The first-order valence-corrected chi connectivity index (χ1v) is 7.21. The molecule has 0 bridgehead atoms. The van der Waals surface area contributed by atoms with Crippen LogP contribution < -0.4 is 0 Å². The molecule has 0 radical (unpaired) electrons. The molecule has 1 heterocycles. The van der Waals surface area contributed by atoms with E-state index < -0.39 is 6.10 Å². The van der Waals surface area contributed by atoms with Gasteiger partial charge in [0.1, 0.15) is 0 Å². The second-order valence-corrected chi connectivity index (χ2v) is 5.66. The summed E-state index contributed by atoms with van der Waals surface area (Å²) < 4.78 is 0. The minimum absolute atomic E-state index is 0.503. The first kappa shape index (κ1) is 13.8. The van der Waals surface area contributed by atoms with Crippen LogP contribution in [0.25, 0.3) is 10.8 Å². The number of aryl methyl sites for hydroxylation is 2. The van der Waals surface area contributed by atoms with Gasteiger partial charge in [0, 0.05) is 24.2 Å². The van der Waals surface area contributed by atoms with Crippen molar-refractivity contribution in [3.05, 3.63) is 77.1 Å². The number of benzene rings is 2. The number of fused-ring (bicyclic) bond motifs is 1. The van der Waals surface area contributed by atoms with Crippen LogP contribution in [0.5, 0.6) is 0 Å². The van der Waals surface area contributed by atoms with Gasteiger partial charge < -0.3 is 5.11 Å². The number of aliphatic hydroxyl groups is 1. The number of aliphatic hydroxyl groups excluding tert-OH is 1. The second-order valence-electron chi connectivity index (χ2n) is 5.66. The van der Waals surface area contributed by atoms with Crippen LogP contribution in [0.3, 0.4) is 0 Å². The van der Waals surface area contributed by atoms with Gasteiger partial charge in [-0.05, 0) is 36.4 Å². The third-order valence-corrected chi connectivity index (χ3v) is 3.78. The van der Waals surface area contributed by atoms with Crippen molar-refractivity contribution in [3.63, 3.8) is 0 Å². The highest BCUT2D eigenvalue weighted by molar-refractivity contribution is 5.85. The smallest absolute Gasteiger partial charge is 0.0836 e. The van der Waals surface area contributed by atoms with E-state index in [0.717, 1.165) is 16.3 Å². The topological polar surface area (TPSA) is 33.1 Å². The van der Waals surface area contributed by atoms with E-state index in [0.29, 0.717) is 6.42 Å². The van der Waals surface area contributed by atoms with E-state index in [9.17, 15) is 5.11 Å². The Morgan fingerprint density at radius 2 is 1.81 bits per heavy atom. The summed E-state index contributed by atoms with van der Waals surface area (Å²) in [7, 11) is 0. The Morgan fingerprint density at radius 3 is 2.57 bits per heavy atom. The molecule has 0 aliphatic heterocycles. The molecule has 1 atom stereocenters. The molecule has 21 heavy (non-hydrogen) atoms. The number of nitrogens with zero attached hydrogens (tertiary/aromatic N) is 1. The molecule has 0 aliphatic carbocycles. The van der Waals surface area contributed by atoms with Crippen molar-refractivity contribution in [1.29, 1.82) is 0 Å². The molecule has 0 saturated carbocycles. The van der Waals surface area contributed by atoms with Crippen molar-refractivity contribution in [2.75, 3.05) is 0 Å². The van der Waals surface area contributed by atoms with Crippen LogP contribution >= 0.6 is 0 Å². The van der Waals surface area contributed by atoms with Crippen LogP contribution in [0.2, 0.25) is 0 Å². The quantitative estimate of drug-likeness (QED) is 0.781. The van der Waals surface area contributed by atoms with Gasteiger partial charge in [0.15, 0.2) is 0 Å². The molecular weight excluding hydrogens is 258 g/mol. The maximum absolute atomic E-state index is 10.6. The van der Waals surface area contributed by atoms with Crippen molar-refractivity contribution in [2.24, 2.45) is 0 Å². The number of rotatable bonds is 3. The minimum Gasteiger partial charge on any atom is -0.388 e. The first-order chi connectivity index (χ1) is 10.1. The molecule has 3 aromatic rings. The van der Waals surface area contributed by atoms with Crippen LogP contribution in [0.4, 0.5) is 0 Å². The molecule has 1 N–H and O–H groups in total. The fourth-order valence-corrected chi connectivity index (χ4v) is 2.96. The van der Waals surface area contributed by atoms with Crippen LogP contribution in [0, 0.1) is 13.8 Å². The second kappa shape index (κ2) is 5.66. The summed E-state index contributed by atoms with van der Waals surface area (Å²) in [4.78, 5) is 4.14. The monoisotopic (exact) mass is 277 g/mol. The fraction of sp³-hybridized carbons (Fsp3) is 0.211. The van der Waals surface area contributed by atoms with Gasteiger partial charge in [0.2, 0.25) is 0 Å². The molecule has 2 aromatic carbocycles. The molecule has 0 fully saturated rings. The number of pyridine rings is 1. The Morgan fingerprint density at radius 1 is 1.05 bits per heavy atom. The highest BCUT2D eigenvalue weighted by Gasteiger charge is 2.12. The van der Waals surface area contributed by atoms with E-state index in [2.05, 4.69) is 37.0 Å².